The highest BCUT2D eigenvalue weighted by atomic mass is 35.5. The van der Waals surface area contributed by atoms with Crippen molar-refractivity contribution in [2.75, 3.05) is 11.4 Å². The Morgan fingerprint density at radius 2 is 1.57 bits per heavy atom. The number of nitrogens with zero attached hydrogens (tertiary/aromatic N) is 3. The molecule has 0 amide bonds. The summed E-state index contributed by atoms with van der Waals surface area (Å²) < 4.78 is 29.7. The lowest BCUT2D eigenvalue weighted by molar-refractivity contribution is 0.0696. The summed E-state index contributed by atoms with van der Waals surface area (Å²) in [5, 5.41) is 10.2. The number of sulfonamides is 1. The standard InChI is InChI=1S/C33H27Cl2N3O5S/c1-21(39)25-4-3-5-28(17-25)44(42,43)37(2)27-13-8-22(9-14-27)16-32-36-31(29-15-12-26(34)18-30(29)35)20-38(32)19-23-6-10-24(11-7-23)33(40)41/h3-15,17-18,20H,16,19H2,1-2H3,(H,40,41). The molecule has 0 saturated carbocycles. The largest absolute Gasteiger partial charge is 0.478 e. The Morgan fingerprint density at radius 3 is 2.20 bits per heavy atom. The molecule has 0 aliphatic rings. The molecule has 0 aliphatic carbocycles. The van der Waals surface area contributed by atoms with Gasteiger partial charge in [-0.25, -0.2) is 18.2 Å². The van der Waals surface area contributed by atoms with Gasteiger partial charge in [0, 0.05) is 42.4 Å². The Kier molecular flexibility index (Phi) is 8.92. The zero-order valence-corrected chi connectivity index (χ0v) is 26.1. The maximum atomic E-state index is 13.3. The number of aromatic carboxylic acids is 1. The number of carboxylic acid groups (broad SMARTS) is 1. The number of hydrogen-bond donors (Lipinski definition) is 1. The molecule has 0 radical (unpaired) electrons. The second-order valence-corrected chi connectivity index (χ2v) is 13.0. The Labute approximate surface area is 265 Å². The first kappa shape index (κ1) is 31.0. The van der Waals surface area contributed by atoms with Gasteiger partial charge in [-0.1, -0.05) is 59.6 Å². The predicted molar refractivity (Wildman–Crippen MR) is 171 cm³/mol. The summed E-state index contributed by atoms with van der Waals surface area (Å²) in [7, 11) is -2.43. The van der Waals surface area contributed by atoms with Crippen LogP contribution in [0.5, 0.6) is 0 Å². The zero-order chi connectivity index (χ0) is 31.6. The number of carbonyl (C=O) groups excluding carboxylic acids is 1. The van der Waals surface area contributed by atoms with Gasteiger partial charge < -0.3 is 9.67 Å². The third kappa shape index (κ3) is 6.70. The summed E-state index contributed by atoms with van der Waals surface area (Å²) in [6, 6.07) is 24.9. The van der Waals surface area contributed by atoms with E-state index in [-0.39, 0.29) is 16.2 Å². The van der Waals surface area contributed by atoms with E-state index in [1.807, 2.05) is 22.9 Å². The molecule has 1 N–H and O–H groups in total. The van der Waals surface area contributed by atoms with Crippen LogP contribution in [0.25, 0.3) is 11.3 Å². The highest BCUT2D eigenvalue weighted by Crippen LogP contribution is 2.31. The van der Waals surface area contributed by atoms with E-state index >= 15 is 0 Å². The Morgan fingerprint density at radius 1 is 0.886 bits per heavy atom. The topological polar surface area (TPSA) is 110 Å². The van der Waals surface area contributed by atoms with Crippen LogP contribution in [0.3, 0.4) is 0 Å². The van der Waals surface area contributed by atoms with E-state index in [1.54, 1.807) is 66.7 Å². The lowest BCUT2D eigenvalue weighted by Gasteiger charge is -2.20. The van der Waals surface area contributed by atoms with Gasteiger partial charge >= 0.3 is 5.97 Å². The molecule has 11 heteroatoms. The third-order valence-corrected chi connectivity index (χ3v) is 9.51. The molecule has 8 nitrogen and oxygen atoms in total. The number of aromatic nitrogens is 2. The Balaban J connectivity index is 1.43. The second-order valence-electron chi connectivity index (χ2n) is 10.2. The fourth-order valence-corrected chi connectivity index (χ4v) is 6.43. The summed E-state index contributed by atoms with van der Waals surface area (Å²) in [4.78, 5) is 28.0. The zero-order valence-electron chi connectivity index (χ0n) is 23.7. The van der Waals surface area contributed by atoms with Crippen LogP contribution >= 0.6 is 23.2 Å². The number of Topliss-reactive ketones (excluding diaryl/α,β-unsaturated/α-hetero) is 1. The van der Waals surface area contributed by atoms with Crippen molar-refractivity contribution in [1.82, 2.24) is 9.55 Å². The molecule has 0 bridgehead atoms. The highest BCUT2D eigenvalue weighted by Gasteiger charge is 2.22. The van der Waals surface area contributed by atoms with Crippen LogP contribution in [0.1, 0.15) is 44.6 Å². The second kappa shape index (κ2) is 12.7. The van der Waals surface area contributed by atoms with E-state index in [0.717, 1.165) is 17.0 Å². The van der Waals surface area contributed by atoms with Crippen LogP contribution < -0.4 is 4.31 Å². The predicted octanol–water partition coefficient (Wildman–Crippen LogP) is 7.22. The molecular formula is C33H27Cl2N3O5S. The quantitative estimate of drug-likeness (QED) is 0.160. The molecule has 0 saturated heterocycles. The maximum Gasteiger partial charge on any atom is 0.335 e. The Bertz CT molecular complexity index is 1970. The average Bonchev–Trinajstić information content (AvgIpc) is 3.38. The number of anilines is 1. The number of carbonyl (C=O) groups is 2. The van der Waals surface area contributed by atoms with Crippen molar-refractivity contribution in [1.29, 1.82) is 0 Å². The van der Waals surface area contributed by atoms with Crippen molar-refractivity contribution in [2.45, 2.75) is 24.8 Å². The molecule has 224 valence electrons. The van der Waals surface area contributed by atoms with Gasteiger partial charge in [0.25, 0.3) is 10.0 Å². The fraction of sp³-hybridized carbons (Fsp3) is 0.121. The van der Waals surface area contributed by atoms with Crippen LogP contribution in [-0.2, 0) is 23.0 Å². The van der Waals surface area contributed by atoms with Gasteiger partial charge in [0.05, 0.1) is 26.9 Å². The molecule has 0 aliphatic heterocycles. The van der Waals surface area contributed by atoms with Crippen LogP contribution in [0, 0.1) is 0 Å². The number of rotatable bonds is 10. The van der Waals surface area contributed by atoms with Gasteiger partial charge in [-0.15, -0.1) is 0 Å². The number of benzene rings is 4. The molecule has 44 heavy (non-hydrogen) atoms. The van der Waals surface area contributed by atoms with Crippen molar-refractivity contribution in [3.63, 3.8) is 0 Å². The van der Waals surface area contributed by atoms with E-state index < -0.39 is 16.0 Å². The van der Waals surface area contributed by atoms with Crippen LogP contribution in [0.2, 0.25) is 10.0 Å². The smallest absolute Gasteiger partial charge is 0.335 e. The molecule has 1 aromatic heterocycles. The lowest BCUT2D eigenvalue weighted by atomic mass is 10.1. The lowest BCUT2D eigenvalue weighted by Crippen LogP contribution is -2.26. The molecule has 4 aromatic carbocycles. The van der Waals surface area contributed by atoms with E-state index in [9.17, 15) is 23.1 Å². The molecule has 0 atom stereocenters. The van der Waals surface area contributed by atoms with Crippen molar-refractivity contribution in [3.05, 3.63) is 135 Å². The first-order chi connectivity index (χ1) is 20.9. The van der Waals surface area contributed by atoms with Crippen LogP contribution in [0.4, 0.5) is 5.69 Å². The SMILES string of the molecule is CC(=O)c1cccc(S(=O)(=O)N(C)c2ccc(Cc3nc(-c4ccc(Cl)cc4Cl)cn3Cc3ccc(C(=O)O)cc3)cc2)c1. The van der Waals surface area contributed by atoms with E-state index in [1.165, 1.54) is 30.4 Å². The van der Waals surface area contributed by atoms with E-state index in [0.29, 0.717) is 45.5 Å². The van der Waals surface area contributed by atoms with Gasteiger partial charge in [0.1, 0.15) is 5.82 Å². The number of hydrogen-bond acceptors (Lipinski definition) is 5. The minimum atomic E-state index is -3.90. The number of carboxylic acids is 1. The first-order valence-electron chi connectivity index (χ1n) is 13.4. The number of imidazole rings is 1. The summed E-state index contributed by atoms with van der Waals surface area (Å²) in [6.07, 6.45) is 2.31. The summed E-state index contributed by atoms with van der Waals surface area (Å²) >= 11 is 12.6. The molecule has 5 aromatic rings. The van der Waals surface area contributed by atoms with Gasteiger partial charge in [-0.3, -0.25) is 9.10 Å². The molecule has 1 heterocycles. The minimum absolute atomic E-state index is 0.0311. The molecule has 0 unspecified atom stereocenters. The average molecular weight is 649 g/mol. The minimum Gasteiger partial charge on any atom is -0.478 e. The maximum absolute atomic E-state index is 13.3. The van der Waals surface area contributed by atoms with E-state index in [4.69, 9.17) is 28.2 Å². The van der Waals surface area contributed by atoms with Gasteiger partial charge in [-0.2, -0.15) is 0 Å². The van der Waals surface area contributed by atoms with Crippen molar-refractivity contribution in [3.8, 4) is 11.3 Å². The van der Waals surface area contributed by atoms with E-state index in [2.05, 4.69) is 0 Å². The highest BCUT2D eigenvalue weighted by molar-refractivity contribution is 7.92. The van der Waals surface area contributed by atoms with Crippen molar-refractivity contribution >= 4 is 50.7 Å². The summed E-state index contributed by atoms with van der Waals surface area (Å²) in [5.41, 5.74) is 4.12. The monoisotopic (exact) mass is 647 g/mol. The van der Waals surface area contributed by atoms with Gasteiger partial charge in [0.2, 0.25) is 0 Å². The normalized spacial score (nSPS) is 11.4. The first-order valence-corrected chi connectivity index (χ1v) is 15.6. The Hall–Kier alpha value is -4.44. The van der Waals surface area contributed by atoms with Gasteiger partial charge in [-0.05, 0) is 72.6 Å². The van der Waals surface area contributed by atoms with Crippen LogP contribution in [-0.4, -0.2) is 41.9 Å². The third-order valence-electron chi connectivity index (χ3n) is 7.18. The van der Waals surface area contributed by atoms with Crippen LogP contribution in [0.15, 0.2) is 102 Å². The number of halogens is 2. The molecular weight excluding hydrogens is 621 g/mol. The molecule has 5 rings (SSSR count). The molecule has 0 spiro atoms. The fourth-order valence-electron chi connectivity index (χ4n) is 4.69. The molecule has 0 fully saturated rings. The number of ketones is 1. The summed E-state index contributed by atoms with van der Waals surface area (Å²) in [6.45, 7) is 1.83. The van der Waals surface area contributed by atoms with Crippen molar-refractivity contribution < 1.29 is 23.1 Å². The summed E-state index contributed by atoms with van der Waals surface area (Å²) in [5.74, 6) is -0.486. The van der Waals surface area contributed by atoms with Crippen molar-refractivity contribution in [2.24, 2.45) is 0 Å². The van der Waals surface area contributed by atoms with Gasteiger partial charge in [0.15, 0.2) is 5.78 Å².